The summed E-state index contributed by atoms with van der Waals surface area (Å²) in [7, 11) is 0. The Labute approximate surface area is 145 Å². The number of aromatic nitrogens is 2. The molecule has 0 saturated carbocycles. The van der Waals surface area contributed by atoms with Gasteiger partial charge in [-0.3, -0.25) is 0 Å². The van der Waals surface area contributed by atoms with Gasteiger partial charge in [-0.15, -0.1) is 11.8 Å². The number of hydrogen-bond donors (Lipinski definition) is 1. The highest BCUT2D eigenvalue weighted by Gasteiger charge is 2.12. The Bertz CT molecular complexity index is 842. The Morgan fingerprint density at radius 2 is 1.88 bits per heavy atom. The predicted molar refractivity (Wildman–Crippen MR) is 95.7 cm³/mol. The van der Waals surface area contributed by atoms with Crippen LogP contribution in [0.2, 0.25) is 0 Å². The Hall–Kier alpha value is -2.11. The monoisotopic (exact) mass is 337 g/mol. The van der Waals surface area contributed by atoms with Gasteiger partial charge in [0.15, 0.2) is 0 Å². The van der Waals surface area contributed by atoms with Crippen LogP contribution in [0.1, 0.15) is 29.0 Å². The summed E-state index contributed by atoms with van der Waals surface area (Å²) in [6, 6.07) is 14.7. The zero-order valence-corrected chi connectivity index (χ0v) is 14.2. The molecule has 0 amide bonds. The third-order valence-corrected chi connectivity index (χ3v) is 5.33. The minimum absolute atomic E-state index is 0.537. The lowest BCUT2D eigenvalue weighted by molar-refractivity contribution is 0.391. The summed E-state index contributed by atoms with van der Waals surface area (Å²) in [5, 5.41) is 4.08. The van der Waals surface area contributed by atoms with E-state index in [0.29, 0.717) is 24.0 Å². The fourth-order valence-corrected chi connectivity index (χ4v) is 3.80. The number of rotatable bonds is 5. The van der Waals surface area contributed by atoms with E-state index in [0.717, 1.165) is 11.1 Å². The highest BCUT2D eigenvalue weighted by atomic mass is 32.2. The van der Waals surface area contributed by atoms with E-state index in [2.05, 4.69) is 28.3 Å². The van der Waals surface area contributed by atoms with Crippen molar-refractivity contribution < 1.29 is 4.52 Å². The Morgan fingerprint density at radius 1 is 1.04 bits per heavy atom. The third kappa shape index (κ3) is 3.23. The van der Waals surface area contributed by atoms with Gasteiger partial charge < -0.3 is 10.3 Å². The van der Waals surface area contributed by atoms with E-state index in [-0.39, 0.29) is 0 Å². The third-order valence-electron chi connectivity index (χ3n) is 4.35. The lowest BCUT2D eigenvalue weighted by Crippen LogP contribution is -1.95. The molecule has 1 heterocycles. The second-order valence-corrected chi connectivity index (χ2v) is 7.03. The molecule has 4 rings (SSSR count). The molecule has 0 saturated heterocycles. The lowest BCUT2D eigenvalue weighted by atomic mass is 10.1. The molecule has 0 spiro atoms. The second kappa shape index (κ2) is 6.79. The molecule has 5 heteroatoms. The van der Waals surface area contributed by atoms with Crippen molar-refractivity contribution in [1.29, 1.82) is 0 Å². The molecule has 3 aromatic rings. The molecule has 1 aliphatic carbocycles. The van der Waals surface area contributed by atoms with Crippen LogP contribution in [-0.2, 0) is 25.1 Å². The Balaban J connectivity index is 1.43. The van der Waals surface area contributed by atoms with Crippen LogP contribution >= 0.6 is 11.8 Å². The molecule has 4 nitrogen and oxygen atoms in total. The van der Waals surface area contributed by atoms with Crippen molar-refractivity contribution in [2.24, 2.45) is 5.73 Å². The van der Waals surface area contributed by atoms with E-state index in [1.54, 1.807) is 11.8 Å². The van der Waals surface area contributed by atoms with Crippen molar-refractivity contribution in [3.8, 4) is 11.4 Å². The van der Waals surface area contributed by atoms with Gasteiger partial charge in [-0.2, -0.15) is 4.98 Å². The molecule has 2 aromatic carbocycles. The van der Waals surface area contributed by atoms with Crippen molar-refractivity contribution in [2.75, 3.05) is 0 Å². The van der Waals surface area contributed by atoms with Gasteiger partial charge in [0.1, 0.15) is 0 Å². The highest BCUT2D eigenvalue weighted by molar-refractivity contribution is 7.98. The minimum atomic E-state index is 0.537. The molecule has 24 heavy (non-hydrogen) atoms. The molecular formula is C19H19N3OS. The smallest absolute Gasteiger partial charge is 0.237 e. The SMILES string of the molecule is NCc1ccc(-c2noc(CSc3ccc4c(c3)CCC4)n2)cc1. The van der Waals surface area contributed by atoms with Gasteiger partial charge >= 0.3 is 0 Å². The van der Waals surface area contributed by atoms with E-state index >= 15 is 0 Å². The van der Waals surface area contributed by atoms with Gasteiger partial charge in [-0.1, -0.05) is 35.5 Å². The normalized spacial score (nSPS) is 13.2. The summed E-state index contributed by atoms with van der Waals surface area (Å²) in [5.74, 6) is 1.97. The molecule has 0 atom stereocenters. The van der Waals surface area contributed by atoms with Crippen LogP contribution in [0.15, 0.2) is 51.9 Å². The van der Waals surface area contributed by atoms with E-state index < -0.39 is 0 Å². The zero-order valence-electron chi connectivity index (χ0n) is 13.4. The van der Waals surface area contributed by atoms with E-state index in [1.807, 2.05) is 24.3 Å². The van der Waals surface area contributed by atoms with Crippen LogP contribution in [0.4, 0.5) is 0 Å². The van der Waals surface area contributed by atoms with E-state index in [4.69, 9.17) is 10.3 Å². The molecule has 0 unspecified atom stereocenters. The molecule has 0 fully saturated rings. The summed E-state index contributed by atoms with van der Waals surface area (Å²) >= 11 is 1.74. The van der Waals surface area contributed by atoms with Crippen molar-refractivity contribution in [3.63, 3.8) is 0 Å². The van der Waals surface area contributed by atoms with Gasteiger partial charge in [-0.05, 0) is 48.1 Å². The highest BCUT2D eigenvalue weighted by Crippen LogP contribution is 2.29. The van der Waals surface area contributed by atoms with Crippen LogP contribution in [0.25, 0.3) is 11.4 Å². The van der Waals surface area contributed by atoms with Crippen LogP contribution in [-0.4, -0.2) is 10.1 Å². The van der Waals surface area contributed by atoms with Crippen molar-refractivity contribution in [1.82, 2.24) is 10.1 Å². The first-order chi connectivity index (χ1) is 11.8. The van der Waals surface area contributed by atoms with Crippen LogP contribution in [0, 0.1) is 0 Å². The minimum Gasteiger partial charge on any atom is -0.338 e. The fraction of sp³-hybridized carbons (Fsp3) is 0.263. The summed E-state index contributed by atoms with van der Waals surface area (Å²) < 4.78 is 5.38. The maximum absolute atomic E-state index is 5.62. The summed E-state index contributed by atoms with van der Waals surface area (Å²) in [4.78, 5) is 5.76. The van der Waals surface area contributed by atoms with E-state index in [1.165, 1.54) is 35.3 Å². The van der Waals surface area contributed by atoms with Crippen molar-refractivity contribution >= 4 is 11.8 Å². The zero-order chi connectivity index (χ0) is 16.4. The van der Waals surface area contributed by atoms with Crippen LogP contribution in [0.3, 0.4) is 0 Å². The van der Waals surface area contributed by atoms with Gasteiger partial charge in [0.05, 0.1) is 5.75 Å². The fourth-order valence-electron chi connectivity index (χ4n) is 3.00. The first kappa shape index (κ1) is 15.4. The number of aryl methyl sites for hydroxylation is 2. The molecule has 2 N–H and O–H groups in total. The number of thioether (sulfide) groups is 1. The maximum atomic E-state index is 5.62. The van der Waals surface area contributed by atoms with Gasteiger partial charge in [-0.25, -0.2) is 0 Å². The average Bonchev–Trinajstić information content (AvgIpc) is 3.29. The summed E-state index contributed by atoms with van der Waals surface area (Å²) in [6.07, 6.45) is 3.70. The number of hydrogen-bond acceptors (Lipinski definition) is 5. The van der Waals surface area contributed by atoms with Crippen molar-refractivity contribution in [3.05, 3.63) is 65.0 Å². The maximum Gasteiger partial charge on any atom is 0.237 e. The lowest BCUT2D eigenvalue weighted by Gasteiger charge is -2.02. The number of nitrogens with zero attached hydrogens (tertiary/aromatic N) is 2. The predicted octanol–water partition coefficient (Wildman–Crippen LogP) is 3.98. The topological polar surface area (TPSA) is 64.9 Å². The number of nitrogens with two attached hydrogens (primary N) is 1. The summed E-state index contributed by atoms with van der Waals surface area (Å²) in [5.41, 5.74) is 10.7. The van der Waals surface area contributed by atoms with Crippen LogP contribution in [0.5, 0.6) is 0 Å². The Morgan fingerprint density at radius 3 is 2.71 bits per heavy atom. The summed E-state index contributed by atoms with van der Waals surface area (Å²) in [6.45, 7) is 0.537. The van der Waals surface area contributed by atoms with Gasteiger partial charge in [0.25, 0.3) is 0 Å². The van der Waals surface area contributed by atoms with E-state index in [9.17, 15) is 0 Å². The van der Waals surface area contributed by atoms with Gasteiger partial charge in [0.2, 0.25) is 11.7 Å². The van der Waals surface area contributed by atoms with Crippen molar-refractivity contribution in [2.45, 2.75) is 36.5 Å². The molecule has 0 radical (unpaired) electrons. The number of fused-ring (bicyclic) bond motifs is 1. The Kier molecular flexibility index (Phi) is 4.36. The quantitative estimate of drug-likeness (QED) is 0.714. The molecule has 1 aliphatic rings. The standard InChI is InChI=1S/C19H19N3OS/c20-11-13-4-6-15(7-5-13)19-21-18(23-22-19)12-24-17-9-8-14-2-1-3-16(14)10-17/h4-10H,1-3,11-12,20H2. The molecular weight excluding hydrogens is 318 g/mol. The molecule has 122 valence electrons. The molecule has 1 aromatic heterocycles. The first-order valence-corrected chi connectivity index (χ1v) is 9.17. The first-order valence-electron chi connectivity index (χ1n) is 8.18. The van der Waals surface area contributed by atoms with Crippen LogP contribution < -0.4 is 5.73 Å². The average molecular weight is 337 g/mol. The largest absolute Gasteiger partial charge is 0.338 e. The second-order valence-electron chi connectivity index (χ2n) is 5.99. The molecule has 0 bridgehead atoms. The molecule has 0 aliphatic heterocycles. The number of benzene rings is 2. The van der Waals surface area contributed by atoms with Gasteiger partial charge in [0, 0.05) is 17.0 Å².